The lowest BCUT2D eigenvalue weighted by atomic mass is 10.2. The molecule has 4 aromatic rings. The van der Waals surface area contributed by atoms with Gasteiger partial charge in [0, 0.05) is 30.5 Å². The van der Waals surface area contributed by atoms with Gasteiger partial charge in [-0.1, -0.05) is 41.7 Å². The fourth-order valence-electron chi connectivity index (χ4n) is 3.46. The quantitative estimate of drug-likeness (QED) is 0.480. The number of carbonyl (C=O) groups excluding carboxylic acids is 2. The highest BCUT2D eigenvalue weighted by Gasteiger charge is 2.17. The van der Waals surface area contributed by atoms with Crippen molar-refractivity contribution in [2.75, 3.05) is 10.6 Å². The molecule has 152 valence electrons. The largest absolute Gasteiger partial charge is 0.344 e. The summed E-state index contributed by atoms with van der Waals surface area (Å²) in [5.74, 6) is -0.304. The Morgan fingerprint density at radius 3 is 2.53 bits per heavy atom. The first-order chi connectivity index (χ1) is 14.4. The normalized spacial score (nSPS) is 10.9. The number of hydrogen-bond donors (Lipinski definition) is 2. The van der Waals surface area contributed by atoms with Crippen LogP contribution < -0.4 is 10.6 Å². The minimum Gasteiger partial charge on any atom is -0.344 e. The van der Waals surface area contributed by atoms with E-state index in [-0.39, 0.29) is 11.8 Å². The van der Waals surface area contributed by atoms with Crippen molar-refractivity contribution in [3.8, 4) is 0 Å². The standard InChI is InChI=1S/C23H22N4O2S/c1-14-11-19(15(2)27(14)13-17-7-5-4-6-8-17)22(29)26-23-25-20-10-9-18(24-16(3)28)12-21(20)30-23/h4-12H,13H2,1-3H3,(H,24,28)(H,25,26,29). The van der Waals surface area contributed by atoms with Crippen LogP contribution in [0.25, 0.3) is 10.2 Å². The predicted octanol–water partition coefficient (Wildman–Crippen LogP) is 4.97. The summed E-state index contributed by atoms with van der Waals surface area (Å²) < 4.78 is 3.04. The first-order valence-corrected chi connectivity index (χ1v) is 10.4. The van der Waals surface area contributed by atoms with E-state index in [0.29, 0.717) is 16.4 Å². The van der Waals surface area contributed by atoms with Gasteiger partial charge in [0.25, 0.3) is 5.91 Å². The van der Waals surface area contributed by atoms with Crippen LogP contribution in [0.3, 0.4) is 0 Å². The first-order valence-electron chi connectivity index (χ1n) is 9.61. The molecule has 0 aliphatic heterocycles. The molecule has 0 unspecified atom stereocenters. The minimum absolute atomic E-state index is 0.127. The number of thiazole rings is 1. The Bertz CT molecular complexity index is 1240. The smallest absolute Gasteiger partial charge is 0.259 e. The van der Waals surface area contributed by atoms with Gasteiger partial charge in [-0.15, -0.1) is 0 Å². The second-order valence-corrected chi connectivity index (χ2v) is 8.22. The summed E-state index contributed by atoms with van der Waals surface area (Å²) in [6.07, 6.45) is 0. The highest BCUT2D eigenvalue weighted by molar-refractivity contribution is 7.22. The number of benzene rings is 2. The van der Waals surface area contributed by atoms with Crippen molar-refractivity contribution in [2.45, 2.75) is 27.3 Å². The van der Waals surface area contributed by atoms with E-state index in [1.165, 1.54) is 23.8 Å². The van der Waals surface area contributed by atoms with E-state index in [1.54, 1.807) is 6.07 Å². The third-order valence-corrected chi connectivity index (χ3v) is 5.86. The summed E-state index contributed by atoms with van der Waals surface area (Å²) in [6, 6.07) is 17.6. The molecule has 0 aliphatic carbocycles. The van der Waals surface area contributed by atoms with E-state index in [4.69, 9.17) is 0 Å². The van der Waals surface area contributed by atoms with Crippen LogP contribution in [-0.4, -0.2) is 21.4 Å². The van der Waals surface area contributed by atoms with Gasteiger partial charge in [-0.2, -0.15) is 0 Å². The number of fused-ring (bicyclic) bond motifs is 1. The lowest BCUT2D eigenvalue weighted by molar-refractivity contribution is -0.114. The number of nitrogens with zero attached hydrogens (tertiary/aromatic N) is 2. The predicted molar refractivity (Wildman–Crippen MR) is 121 cm³/mol. The first kappa shape index (κ1) is 19.8. The molecule has 0 radical (unpaired) electrons. The zero-order valence-electron chi connectivity index (χ0n) is 17.0. The number of nitrogens with one attached hydrogen (secondary N) is 2. The summed E-state index contributed by atoms with van der Waals surface area (Å²) >= 11 is 1.38. The average Bonchev–Trinajstić information content (AvgIpc) is 3.23. The van der Waals surface area contributed by atoms with Crippen LogP contribution in [-0.2, 0) is 11.3 Å². The Labute approximate surface area is 178 Å². The number of aryl methyl sites for hydroxylation is 1. The number of aromatic nitrogens is 2. The van der Waals surface area contributed by atoms with Crippen molar-refractivity contribution in [3.05, 3.63) is 77.1 Å². The second kappa shape index (κ2) is 8.12. The molecule has 7 heteroatoms. The van der Waals surface area contributed by atoms with E-state index in [2.05, 4.69) is 32.3 Å². The molecule has 2 aromatic carbocycles. The number of anilines is 2. The van der Waals surface area contributed by atoms with Gasteiger partial charge >= 0.3 is 0 Å². The average molecular weight is 419 g/mol. The molecular weight excluding hydrogens is 396 g/mol. The van der Waals surface area contributed by atoms with Gasteiger partial charge in [0.1, 0.15) is 0 Å². The van der Waals surface area contributed by atoms with Gasteiger partial charge < -0.3 is 9.88 Å². The Morgan fingerprint density at radius 1 is 1.03 bits per heavy atom. The molecule has 0 bridgehead atoms. The SMILES string of the molecule is CC(=O)Nc1ccc2nc(NC(=O)c3cc(C)n(Cc4ccccc4)c3C)sc2c1. The zero-order valence-corrected chi connectivity index (χ0v) is 17.8. The molecule has 0 spiro atoms. The molecule has 2 amide bonds. The van der Waals surface area contributed by atoms with Crippen LogP contribution in [0.15, 0.2) is 54.6 Å². The lowest BCUT2D eigenvalue weighted by Crippen LogP contribution is -2.13. The number of hydrogen-bond acceptors (Lipinski definition) is 4. The summed E-state index contributed by atoms with van der Waals surface area (Å²) in [6.45, 7) is 6.16. The maximum atomic E-state index is 12.9. The number of amides is 2. The molecule has 0 saturated carbocycles. The molecule has 2 N–H and O–H groups in total. The minimum atomic E-state index is -0.177. The van der Waals surface area contributed by atoms with Crippen molar-refractivity contribution >= 4 is 44.2 Å². The van der Waals surface area contributed by atoms with Crippen LogP contribution in [0, 0.1) is 13.8 Å². The Morgan fingerprint density at radius 2 is 1.80 bits per heavy atom. The van der Waals surface area contributed by atoms with Crippen LogP contribution in [0.2, 0.25) is 0 Å². The molecule has 30 heavy (non-hydrogen) atoms. The van der Waals surface area contributed by atoms with E-state index in [9.17, 15) is 9.59 Å². The molecule has 6 nitrogen and oxygen atoms in total. The van der Waals surface area contributed by atoms with Gasteiger partial charge in [0.15, 0.2) is 5.13 Å². The number of carbonyl (C=O) groups is 2. The van der Waals surface area contributed by atoms with Gasteiger partial charge in [0.2, 0.25) is 5.91 Å². The monoisotopic (exact) mass is 418 g/mol. The fraction of sp³-hybridized carbons (Fsp3) is 0.174. The second-order valence-electron chi connectivity index (χ2n) is 7.19. The Balaban J connectivity index is 1.55. The lowest BCUT2D eigenvalue weighted by Gasteiger charge is -2.10. The zero-order chi connectivity index (χ0) is 21.3. The third-order valence-electron chi connectivity index (χ3n) is 4.93. The van der Waals surface area contributed by atoms with Crippen molar-refractivity contribution in [1.82, 2.24) is 9.55 Å². The molecule has 0 saturated heterocycles. The molecule has 4 rings (SSSR count). The molecule has 2 heterocycles. The molecule has 0 atom stereocenters. The van der Waals surface area contributed by atoms with Crippen LogP contribution in [0.1, 0.15) is 34.2 Å². The Kier molecular flexibility index (Phi) is 5.37. The summed E-state index contributed by atoms with van der Waals surface area (Å²) in [5, 5.41) is 6.21. The van der Waals surface area contributed by atoms with Crippen LogP contribution in [0.5, 0.6) is 0 Å². The van der Waals surface area contributed by atoms with Crippen molar-refractivity contribution < 1.29 is 9.59 Å². The summed E-state index contributed by atoms with van der Waals surface area (Å²) in [5.41, 5.74) is 5.27. The van der Waals surface area contributed by atoms with E-state index in [0.717, 1.165) is 28.1 Å². The summed E-state index contributed by atoms with van der Waals surface area (Å²) in [4.78, 5) is 28.7. The van der Waals surface area contributed by atoms with E-state index in [1.807, 2.05) is 50.2 Å². The van der Waals surface area contributed by atoms with Gasteiger partial charge in [-0.3, -0.25) is 14.9 Å². The van der Waals surface area contributed by atoms with Gasteiger partial charge in [-0.25, -0.2) is 4.98 Å². The van der Waals surface area contributed by atoms with E-state index >= 15 is 0 Å². The molecule has 2 aromatic heterocycles. The fourth-order valence-corrected chi connectivity index (χ4v) is 4.36. The maximum Gasteiger partial charge on any atom is 0.259 e. The van der Waals surface area contributed by atoms with Crippen molar-refractivity contribution in [1.29, 1.82) is 0 Å². The number of rotatable bonds is 5. The Hall–Kier alpha value is -3.45. The summed E-state index contributed by atoms with van der Waals surface area (Å²) in [7, 11) is 0. The van der Waals surface area contributed by atoms with Crippen LogP contribution >= 0.6 is 11.3 Å². The third kappa shape index (κ3) is 4.11. The molecule has 0 fully saturated rings. The highest BCUT2D eigenvalue weighted by atomic mass is 32.1. The van der Waals surface area contributed by atoms with Gasteiger partial charge in [-0.05, 0) is 43.7 Å². The van der Waals surface area contributed by atoms with E-state index < -0.39 is 0 Å². The van der Waals surface area contributed by atoms with Crippen molar-refractivity contribution in [2.24, 2.45) is 0 Å². The molecule has 0 aliphatic rings. The maximum absolute atomic E-state index is 12.9. The van der Waals surface area contributed by atoms with Gasteiger partial charge in [0.05, 0.1) is 15.8 Å². The van der Waals surface area contributed by atoms with Crippen molar-refractivity contribution in [3.63, 3.8) is 0 Å². The van der Waals surface area contributed by atoms with Crippen LogP contribution in [0.4, 0.5) is 10.8 Å². The highest BCUT2D eigenvalue weighted by Crippen LogP contribution is 2.29. The molecular formula is C23H22N4O2S. The topological polar surface area (TPSA) is 76.0 Å².